The number of nitrogens with zero attached hydrogens (tertiary/aromatic N) is 2. The Balaban J connectivity index is 1.91. The molecule has 0 spiro atoms. The van der Waals surface area contributed by atoms with Crippen molar-refractivity contribution in [3.05, 3.63) is 53.5 Å². The quantitative estimate of drug-likeness (QED) is 0.916. The summed E-state index contributed by atoms with van der Waals surface area (Å²) >= 11 is 0. The number of ether oxygens (including phenoxy) is 1. The summed E-state index contributed by atoms with van der Waals surface area (Å²) in [5.41, 5.74) is 3.61. The van der Waals surface area contributed by atoms with Crippen LogP contribution in [0.4, 0.5) is 0 Å². The predicted molar refractivity (Wildman–Crippen MR) is 82.5 cm³/mol. The van der Waals surface area contributed by atoms with Gasteiger partial charge in [-0.05, 0) is 36.9 Å². The number of hydrogen-bond donors (Lipinski definition) is 1. The maximum Gasteiger partial charge on any atom is 0.216 e. The van der Waals surface area contributed by atoms with Crippen molar-refractivity contribution >= 4 is 0 Å². The van der Waals surface area contributed by atoms with Crippen molar-refractivity contribution in [2.75, 3.05) is 14.2 Å². The Morgan fingerprint density at radius 1 is 1.24 bits per heavy atom. The molecule has 1 N–H and O–H groups in total. The van der Waals surface area contributed by atoms with Gasteiger partial charge < -0.3 is 10.1 Å². The number of methoxy groups -OCH3 is 1. The van der Waals surface area contributed by atoms with Crippen LogP contribution in [-0.4, -0.2) is 24.1 Å². The van der Waals surface area contributed by atoms with Crippen molar-refractivity contribution in [2.45, 2.75) is 31.2 Å². The van der Waals surface area contributed by atoms with Crippen LogP contribution in [0.1, 0.15) is 48.0 Å². The molecule has 0 saturated heterocycles. The Morgan fingerprint density at radius 2 is 2.10 bits per heavy atom. The summed E-state index contributed by atoms with van der Waals surface area (Å²) in [6.07, 6.45) is 5.53. The minimum atomic E-state index is 0.0573. The highest BCUT2D eigenvalue weighted by Gasteiger charge is 2.21. The van der Waals surface area contributed by atoms with Crippen LogP contribution in [0.5, 0.6) is 5.88 Å². The molecule has 0 bridgehead atoms. The third kappa shape index (κ3) is 2.90. The average Bonchev–Trinajstić information content (AvgIpc) is 2.47. The van der Waals surface area contributed by atoms with E-state index in [2.05, 4.69) is 39.6 Å². The summed E-state index contributed by atoms with van der Waals surface area (Å²) in [7, 11) is 3.58. The fourth-order valence-corrected chi connectivity index (χ4v) is 2.84. The highest BCUT2D eigenvalue weighted by Crippen LogP contribution is 2.37. The first-order valence-corrected chi connectivity index (χ1v) is 7.45. The normalized spacial score (nSPS) is 16.3. The van der Waals surface area contributed by atoms with Crippen LogP contribution in [0.15, 0.2) is 36.7 Å². The van der Waals surface area contributed by atoms with E-state index in [0.717, 1.165) is 11.6 Å². The van der Waals surface area contributed by atoms with E-state index < -0.39 is 0 Å². The molecule has 1 aliphatic rings. The number of benzene rings is 1. The van der Waals surface area contributed by atoms with Gasteiger partial charge >= 0.3 is 0 Å². The standard InChI is InChI=1S/C17H21N3O/c1-18-17(15-10-16(21-2)20-11-19-15)14-8-4-7-13(9-14)12-5-3-6-12/h4,7-12,17-18H,3,5-6H2,1-2H3. The zero-order valence-electron chi connectivity index (χ0n) is 12.5. The first kappa shape index (κ1) is 14.0. The van der Waals surface area contributed by atoms with Gasteiger partial charge in [-0.3, -0.25) is 0 Å². The molecule has 4 nitrogen and oxygen atoms in total. The molecule has 1 aromatic heterocycles. The van der Waals surface area contributed by atoms with Crippen LogP contribution in [0.2, 0.25) is 0 Å². The SMILES string of the molecule is CNC(c1cccc(C2CCC2)c1)c1cc(OC)ncn1. The molecular weight excluding hydrogens is 262 g/mol. The minimum Gasteiger partial charge on any atom is -0.481 e. The largest absolute Gasteiger partial charge is 0.481 e. The second kappa shape index (κ2) is 6.22. The topological polar surface area (TPSA) is 47.0 Å². The smallest absolute Gasteiger partial charge is 0.216 e. The van der Waals surface area contributed by atoms with E-state index in [1.807, 2.05) is 13.1 Å². The summed E-state index contributed by atoms with van der Waals surface area (Å²) in [4.78, 5) is 8.47. The Bertz CT molecular complexity index is 610. The Morgan fingerprint density at radius 3 is 2.76 bits per heavy atom. The molecule has 1 aliphatic carbocycles. The zero-order chi connectivity index (χ0) is 14.7. The molecule has 1 aromatic carbocycles. The van der Waals surface area contributed by atoms with Gasteiger partial charge in [0.1, 0.15) is 6.33 Å². The van der Waals surface area contributed by atoms with Crippen molar-refractivity contribution in [3.8, 4) is 5.88 Å². The molecular formula is C17H21N3O. The molecule has 1 heterocycles. The van der Waals surface area contributed by atoms with Gasteiger partial charge in [-0.2, -0.15) is 0 Å². The molecule has 3 rings (SSSR count). The van der Waals surface area contributed by atoms with Gasteiger partial charge in [0.15, 0.2) is 0 Å². The van der Waals surface area contributed by atoms with Gasteiger partial charge in [-0.1, -0.05) is 30.7 Å². The van der Waals surface area contributed by atoms with Gasteiger partial charge in [0.05, 0.1) is 18.8 Å². The van der Waals surface area contributed by atoms with Crippen molar-refractivity contribution < 1.29 is 4.74 Å². The van der Waals surface area contributed by atoms with E-state index in [0.29, 0.717) is 5.88 Å². The molecule has 110 valence electrons. The predicted octanol–water partition coefficient (Wildman–Crippen LogP) is 3.06. The van der Waals surface area contributed by atoms with Crippen LogP contribution in [0, 0.1) is 0 Å². The second-order valence-corrected chi connectivity index (χ2v) is 5.50. The monoisotopic (exact) mass is 283 g/mol. The highest BCUT2D eigenvalue weighted by molar-refractivity contribution is 5.34. The Kier molecular flexibility index (Phi) is 4.15. The maximum absolute atomic E-state index is 5.19. The summed E-state index contributed by atoms with van der Waals surface area (Å²) in [6, 6.07) is 10.8. The molecule has 4 heteroatoms. The van der Waals surface area contributed by atoms with Gasteiger partial charge in [0.2, 0.25) is 5.88 Å². The minimum absolute atomic E-state index is 0.0573. The molecule has 21 heavy (non-hydrogen) atoms. The maximum atomic E-state index is 5.19. The second-order valence-electron chi connectivity index (χ2n) is 5.50. The van der Waals surface area contributed by atoms with Crippen molar-refractivity contribution in [3.63, 3.8) is 0 Å². The number of hydrogen-bond acceptors (Lipinski definition) is 4. The lowest BCUT2D eigenvalue weighted by Crippen LogP contribution is -2.20. The van der Waals surface area contributed by atoms with Crippen LogP contribution in [-0.2, 0) is 0 Å². The van der Waals surface area contributed by atoms with E-state index in [4.69, 9.17) is 4.74 Å². The first-order chi connectivity index (χ1) is 10.3. The van der Waals surface area contributed by atoms with Crippen LogP contribution in [0.3, 0.4) is 0 Å². The number of aromatic nitrogens is 2. The van der Waals surface area contributed by atoms with Crippen molar-refractivity contribution in [1.82, 2.24) is 15.3 Å². The lowest BCUT2D eigenvalue weighted by atomic mass is 9.79. The van der Waals surface area contributed by atoms with Gasteiger partial charge in [-0.25, -0.2) is 9.97 Å². The van der Waals surface area contributed by atoms with Crippen LogP contribution >= 0.6 is 0 Å². The molecule has 2 aromatic rings. The molecule has 0 aliphatic heterocycles. The van der Waals surface area contributed by atoms with E-state index >= 15 is 0 Å². The highest BCUT2D eigenvalue weighted by atomic mass is 16.5. The lowest BCUT2D eigenvalue weighted by molar-refractivity contribution is 0.395. The van der Waals surface area contributed by atoms with Crippen molar-refractivity contribution in [1.29, 1.82) is 0 Å². The lowest BCUT2D eigenvalue weighted by Gasteiger charge is -2.27. The van der Waals surface area contributed by atoms with E-state index in [1.54, 1.807) is 13.4 Å². The number of rotatable bonds is 5. The molecule has 1 unspecified atom stereocenters. The zero-order valence-corrected chi connectivity index (χ0v) is 12.5. The third-order valence-electron chi connectivity index (χ3n) is 4.28. The van der Waals surface area contributed by atoms with Gasteiger partial charge in [0.25, 0.3) is 0 Å². The Labute approximate surface area is 125 Å². The molecule has 0 amide bonds. The third-order valence-corrected chi connectivity index (χ3v) is 4.28. The van der Waals surface area contributed by atoms with Crippen molar-refractivity contribution in [2.24, 2.45) is 0 Å². The van der Waals surface area contributed by atoms with Crippen LogP contribution < -0.4 is 10.1 Å². The molecule has 1 fully saturated rings. The molecule has 1 saturated carbocycles. The van der Waals surface area contributed by atoms with E-state index in [-0.39, 0.29) is 6.04 Å². The fraction of sp³-hybridized carbons (Fsp3) is 0.412. The average molecular weight is 283 g/mol. The van der Waals surface area contributed by atoms with Gasteiger partial charge in [0, 0.05) is 6.07 Å². The van der Waals surface area contributed by atoms with E-state index in [9.17, 15) is 0 Å². The summed E-state index contributed by atoms with van der Waals surface area (Å²) in [6.45, 7) is 0. The molecule has 1 atom stereocenters. The first-order valence-electron chi connectivity index (χ1n) is 7.45. The summed E-state index contributed by atoms with van der Waals surface area (Å²) in [5.74, 6) is 1.33. The Hall–Kier alpha value is -1.94. The summed E-state index contributed by atoms with van der Waals surface area (Å²) in [5, 5.41) is 3.34. The van der Waals surface area contributed by atoms with Crippen LogP contribution in [0.25, 0.3) is 0 Å². The van der Waals surface area contributed by atoms with E-state index in [1.165, 1.54) is 30.4 Å². The summed E-state index contributed by atoms with van der Waals surface area (Å²) < 4.78 is 5.19. The van der Waals surface area contributed by atoms with Gasteiger partial charge in [-0.15, -0.1) is 0 Å². The fourth-order valence-electron chi connectivity index (χ4n) is 2.84. The number of nitrogens with one attached hydrogen (secondary N) is 1. The molecule has 0 radical (unpaired) electrons.